The van der Waals surface area contributed by atoms with Crippen molar-refractivity contribution < 1.29 is 9.50 Å². The first-order chi connectivity index (χ1) is 6.07. The van der Waals surface area contributed by atoms with Crippen LogP contribution in [0.5, 0.6) is 5.75 Å². The molecule has 0 aliphatic rings. The summed E-state index contributed by atoms with van der Waals surface area (Å²) in [5.41, 5.74) is 5.67. The van der Waals surface area contributed by atoms with Crippen LogP contribution in [0, 0.1) is 5.82 Å². The van der Waals surface area contributed by atoms with Gasteiger partial charge in [-0.05, 0) is 24.6 Å². The minimum absolute atomic E-state index is 0.0537. The maximum atomic E-state index is 13.2. The second-order valence-electron chi connectivity index (χ2n) is 2.93. The van der Waals surface area contributed by atoms with Gasteiger partial charge in [-0.1, -0.05) is 18.5 Å². The zero-order valence-electron chi connectivity index (χ0n) is 7.22. The van der Waals surface area contributed by atoms with Crippen molar-refractivity contribution in [2.24, 2.45) is 5.73 Å². The summed E-state index contributed by atoms with van der Waals surface area (Å²) in [5.74, 6) is -0.737. The predicted molar refractivity (Wildman–Crippen MR) is 50.5 cm³/mol. The van der Waals surface area contributed by atoms with Crippen LogP contribution in [0.3, 0.4) is 0 Å². The van der Waals surface area contributed by atoms with Crippen molar-refractivity contribution in [3.63, 3.8) is 0 Å². The van der Waals surface area contributed by atoms with Gasteiger partial charge in [-0.2, -0.15) is 0 Å². The zero-order valence-corrected chi connectivity index (χ0v) is 7.98. The van der Waals surface area contributed by atoms with E-state index in [4.69, 9.17) is 17.3 Å². The molecule has 13 heavy (non-hydrogen) atoms. The molecule has 0 bridgehead atoms. The summed E-state index contributed by atoms with van der Waals surface area (Å²) >= 11 is 5.73. The third-order valence-electron chi connectivity index (χ3n) is 1.95. The van der Waals surface area contributed by atoms with Crippen molar-refractivity contribution in [2.45, 2.75) is 12.8 Å². The standard InChI is InChI=1S/C9H11ClFNO/c1-5(4-12)8-6(11)2-3-7(13)9(8)10/h2-3,5,13H,4,12H2,1H3. The largest absolute Gasteiger partial charge is 0.506 e. The average Bonchev–Trinajstić information content (AvgIpc) is 2.12. The Labute approximate surface area is 81.1 Å². The normalized spacial score (nSPS) is 12.9. The Morgan fingerprint density at radius 3 is 2.77 bits per heavy atom. The van der Waals surface area contributed by atoms with E-state index >= 15 is 0 Å². The Morgan fingerprint density at radius 2 is 2.23 bits per heavy atom. The van der Waals surface area contributed by atoms with Crippen LogP contribution in [0.4, 0.5) is 4.39 Å². The molecule has 0 aromatic heterocycles. The highest BCUT2D eigenvalue weighted by molar-refractivity contribution is 6.32. The summed E-state index contributed by atoms with van der Waals surface area (Å²) in [7, 11) is 0. The van der Waals surface area contributed by atoms with E-state index in [1.165, 1.54) is 12.1 Å². The highest BCUT2D eigenvalue weighted by Gasteiger charge is 2.16. The lowest BCUT2D eigenvalue weighted by molar-refractivity contribution is 0.470. The topological polar surface area (TPSA) is 46.2 Å². The summed E-state index contributed by atoms with van der Waals surface area (Å²) < 4.78 is 13.2. The lowest BCUT2D eigenvalue weighted by Crippen LogP contribution is -2.11. The molecule has 0 amide bonds. The quantitative estimate of drug-likeness (QED) is 0.775. The van der Waals surface area contributed by atoms with Gasteiger partial charge in [0.05, 0.1) is 5.02 Å². The van der Waals surface area contributed by atoms with Gasteiger partial charge < -0.3 is 10.8 Å². The molecule has 0 heterocycles. The molecule has 1 rings (SSSR count). The molecule has 4 heteroatoms. The number of nitrogens with two attached hydrogens (primary N) is 1. The number of hydrogen-bond acceptors (Lipinski definition) is 2. The van der Waals surface area contributed by atoms with Crippen LogP contribution < -0.4 is 5.73 Å². The summed E-state index contributed by atoms with van der Waals surface area (Å²) in [6, 6.07) is 2.41. The first-order valence-electron chi connectivity index (χ1n) is 3.94. The Bertz CT molecular complexity index is 317. The lowest BCUT2D eigenvalue weighted by atomic mass is 10.0. The average molecular weight is 204 g/mol. The van der Waals surface area contributed by atoms with Crippen molar-refractivity contribution in [1.82, 2.24) is 0 Å². The second-order valence-corrected chi connectivity index (χ2v) is 3.31. The molecule has 2 nitrogen and oxygen atoms in total. The summed E-state index contributed by atoms with van der Waals surface area (Å²) in [6.07, 6.45) is 0. The monoisotopic (exact) mass is 203 g/mol. The smallest absolute Gasteiger partial charge is 0.134 e. The second kappa shape index (κ2) is 3.94. The van der Waals surface area contributed by atoms with Gasteiger partial charge in [0.1, 0.15) is 11.6 Å². The minimum atomic E-state index is -0.430. The number of halogens is 2. The summed E-state index contributed by atoms with van der Waals surface area (Å²) in [6.45, 7) is 2.05. The Hall–Kier alpha value is -0.800. The van der Waals surface area contributed by atoms with Gasteiger partial charge in [-0.25, -0.2) is 4.39 Å². The molecule has 0 saturated heterocycles. The molecule has 0 radical (unpaired) electrons. The van der Waals surface area contributed by atoms with Crippen molar-refractivity contribution in [2.75, 3.05) is 6.54 Å². The number of benzene rings is 1. The van der Waals surface area contributed by atoms with Crippen molar-refractivity contribution in [3.8, 4) is 5.75 Å². The predicted octanol–water partition coefficient (Wildman–Crippen LogP) is 2.25. The van der Waals surface area contributed by atoms with Crippen LogP contribution in [0.15, 0.2) is 12.1 Å². The molecule has 1 unspecified atom stereocenters. The fourth-order valence-electron chi connectivity index (χ4n) is 1.13. The maximum Gasteiger partial charge on any atom is 0.134 e. The molecule has 1 atom stereocenters. The molecule has 3 N–H and O–H groups in total. The number of aromatic hydroxyl groups is 1. The molecule has 0 aliphatic carbocycles. The van der Waals surface area contributed by atoms with Crippen LogP contribution in [-0.4, -0.2) is 11.7 Å². The van der Waals surface area contributed by atoms with Crippen LogP contribution in [-0.2, 0) is 0 Å². The van der Waals surface area contributed by atoms with E-state index in [2.05, 4.69) is 0 Å². The number of hydrogen-bond donors (Lipinski definition) is 2. The molecule has 0 aliphatic heterocycles. The van der Waals surface area contributed by atoms with Gasteiger partial charge in [-0.15, -0.1) is 0 Å². The van der Waals surface area contributed by atoms with Crippen LogP contribution in [0.2, 0.25) is 5.02 Å². The van der Waals surface area contributed by atoms with Gasteiger partial charge in [0.15, 0.2) is 0 Å². The maximum absolute atomic E-state index is 13.2. The molecular formula is C9H11ClFNO. The Kier molecular flexibility index (Phi) is 3.12. The third kappa shape index (κ3) is 1.92. The van der Waals surface area contributed by atoms with Crippen LogP contribution >= 0.6 is 11.6 Å². The van der Waals surface area contributed by atoms with Crippen molar-refractivity contribution in [3.05, 3.63) is 28.5 Å². The number of phenolic OH excluding ortho intramolecular Hbond substituents is 1. The summed E-state index contributed by atoms with van der Waals surface area (Å²) in [4.78, 5) is 0. The zero-order chi connectivity index (χ0) is 10.0. The van der Waals surface area contributed by atoms with Crippen LogP contribution in [0.25, 0.3) is 0 Å². The highest BCUT2D eigenvalue weighted by Crippen LogP contribution is 2.33. The van der Waals surface area contributed by atoms with E-state index in [9.17, 15) is 9.50 Å². The van der Waals surface area contributed by atoms with Crippen molar-refractivity contribution in [1.29, 1.82) is 0 Å². The van der Waals surface area contributed by atoms with Gasteiger partial charge in [-0.3, -0.25) is 0 Å². The molecule has 0 fully saturated rings. The molecule has 0 saturated carbocycles. The Balaban J connectivity index is 3.25. The van der Waals surface area contributed by atoms with E-state index in [1.807, 2.05) is 0 Å². The molecular weight excluding hydrogens is 193 g/mol. The molecule has 1 aromatic rings. The van der Waals surface area contributed by atoms with E-state index in [0.717, 1.165) is 0 Å². The first kappa shape index (κ1) is 10.3. The Morgan fingerprint density at radius 1 is 1.62 bits per heavy atom. The summed E-state index contributed by atoms with van der Waals surface area (Å²) in [5, 5.41) is 9.28. The lowest BCUT2D eigenvalue weighted by Gasteiger charge is -2.12. The fraction of sp³-hybridized carbons (Fsp3) is 0.333. The highest BCUT2D eigenvalue weighted by atomic mass is 35.5. The molecule has 1 aromatic carbocycles. The van der Waals surface area contributed by atoms with Crippen LogP contribution in [0.1, 0.15) is 18.4 Å². The van der Waals surface area contributed by atoms with Gasteiger partial charge >= 0.3 is 0 Å². The van der Waals surface area contributed by atoms with Gasteiger partial charge in [0.2, 0.25) is 0 Å². The van der Waals surface area contributed by atoms with E-state index in [-0.39, 0.29) is 22.3 Å². The van der Waals surface area contributed by atoms with Crippen molar-refractivity contribution >= 4 is 11.6 Å². The van der Waals surface area contributed by atoms with Gasteiger partial charge in [0.25, 0.3) is 0 Å². The number of rotatable bonds is 2. The van der Waals surface area contributed by atoms with E-state index in [0.29, 0.717) is 6.54 Å². The van der Waals surface area contributed by atoms with E-state index < -0.39 is 5.82 Å². The SMILES string of the molecule is CC(CN)c1c(F)ccc(O)c1Cl. The van der Waals surface area contributed by atoms with Gasteiger partial charge in [0, 0.05) is 5.56 Å². The third-order valence-corrected chi connectivity index (χ3v) is 2.35. The fourth-order valence-corrected chi connectivity index (χ4v) is 1.47. The molecule has 72 valence electrons. The van der Waals surface area contributed by atoms with E-state index in [1.54, 1.807) is 6.92 Å². The molecule has 0 spiro atoms. The minimum Gasteiger partial charge on any atom is -0.506 e. The number of phenols is 1. The first-order valence-corrected chi connectivity index (χ1v) is 4.32.